The maximum atomic E-state index is 12.6. The molecule has 0 saturated heterocycles. The lowest BCUT2D eigenvalue weighted by Crippen LogP contribution is -2.28. The topological polar surface area (TPSA) is 79.2 Å². The van der Waals surface area contributed by atoms with Crippen LogP contribution in [0.4, 0.5) is 13.2 Å². The highest BCUT2D eigenvalue weighted by Gasteiger charge is 2.30. The Labute approximate surface area is 193 Å². The monoisotopic (exact) mass is 479 g/mol. The number of nitrogens with zero attached hydrogens (tertiary/aromatic N) is 1. The van der Waals surface area contributed by atoms with E-state index < -0.39 is 12.0 Å². The normalized spacial score (nSPS) is 11.7. The lowest BCUT2D eigenvalue weighted by atomic mass is 10.2. The zero-order chi connectivity index (χ0) is 24.9. The lowest BCUT2D eigenvalue weighted by molar-refractivity contribution is -0.274. The van der Waals surface area contributed by atoms with E-state index in [2.05, 4.69) is 4.74 Å². The van der Waals surface area contributed by atoms with E-state index >= 15 is 0 Å². The molecule has 0 aliphatic heterocycles. The standard InChI is InChI=1S/C24H24F3NO6/c1-23(2,30)15-33-20-9-6-17(12-21(20)31-3)28-11-10-19(13-22(28)29)32-14-16-4-7-18(8-5-16)34-24(25,26)27/h4-13,30H,14-15H2,1-3H3. The van der Waals surface area contributed by atoms with Crippen molar-refractivity contribution in [2.45, 2.75) is 32.4 Å². The van der Waals surface area contributed by atoms with Crippen LogP contribution in [0.25, 0.3) is 5.69 Å². The van der Waals surface area contributed by atoms with Gasteiger partial charge in [-0.3, -0.25) is 9.36 Å². The molecule has 3 aromatic rings. The number of alkyl halides is 3. The molecule has 0 radical (unpaired) electrons. The minimum absolute atomic E-state index is 0.0524. The summed E-state index contributed by atoms with van der Waals surface area (Å²) in [6.07, 6.45) is -3.22. The molecule has 0 saturated carbocycles. The molecule has 3 rings (SSSR count). The van der Waals surface area contributed by atoms with Gasteiger partial charge in [0.05, 0.1) is 18.4 Å². The van der Waals surface area contributed by atoms with Crippen LogP contribution in [-0.2, 0) is 6.61 Å². The van der Waals surface area contributed by atoms with Gasteiger partial charge in [-0.05, 0) is 49.7 Å². The molecule has 0 unspecified atom stereocenters. The Morgan fingerprint density at radius 1 is 0.912 bits per heavy atom. The highest BCUT2D eigenvalue weighted by molar-refractivity contribution is 5.49. The summed E-state index contributed by atoms with van der Waals surface area (Å²) in [7, 11) is 1.47. The van der Waals surface area contributed by atoms with Crippen LogP contribution in [0.2, 0.25) is 0 Å². The summed E-state index contributed by atoms with van der Waals surface area (Å²) in [5.41, 5.74) is -0.247. The number of halogens is 3. The zero-order valence-corrected chi connectivity index (χ0v) is 18.8. The van der Waals surface area contributed by atoms with E-state index in [1.54, 1.807) is 38.1 Å². The first-order chi connectivity index (χ1) is 15.9. The Morgan fingerprint density at radius 3 is 2.21 bits per heavy atom. The van der Waals surface area contributed by atoms with Gasteiger partial charge in [0.2, 0.25) is 0 Å². The van der Waals surface area contributed by atoms with E-state index in [0.29, 0.717) is 28.5 Å². The molecular formula is C24H24F3NO6. The molecule has 1 aromatic heterocycles. The molecule has 0 bridgehead atoms. The minimum Gasteiger partial charge on any atom is -0.493 e. The van der Waals surface area contributed by atoms with Crippen molar-refractivity contribution in [2.75, 3.05) is 13.7 Å². The van der Waals surface area contributed by atoms with Gasteiger partial charge in [-0.2, -0.15) is 0 Å². The van der Waals surface area contributed by atoms with E-state index in [9.17, 15) is 23.1 Å². The fourth-order valence-corrected chi connectivity index (χ4v) is 2.90. The number of hydrogen-bond donors (Lipinski definition) is 1. The lowest BCUT2D eigenvalue weighted by Gasteiger charge is -2.19. The van der Waals surface area contributed by atoms with Crippen LogP contribution < -0.4 is 24.5 Å². The summed E-state index contributed by atoms with van der Waals surface area (Å²) < 4.78 is 58.5. The third-order valence-corrected chi connectivity index (χ3v) is 4.46. The molecule has 1 heterocycles. The second kappa shape index (κ2) is 10.1. The second-order valence-corrected chi connectivity index (χ2v) is 7.99. The first-order valence-electron chi connectivity index (χ1n) is 10.2. The summed E-state index contributed by atoms with van der Waals surface area (Å²) in [5, 5.41) is 9.84. The third-order valence-electron chi connectivity index (χ3n) is 4.46. The smallest absolute Gasteiger partial charge is 0.493 e. The molecular weight excluding hydrogens is 455 g/mol. The van der Waals surface area contributed by atoms with Crippen molar-refractivity contribution in [3.63, 3.8) is 0 Å². The Hall–Kier alpha value is -3.66. The van der Waals surface area contributed by atoms with Crippen molar-refractivity contribution in [2.24, 2.45) is 0 Å². The average molecular weight is 479 g/mol. The summed E-state index contributed by atoms with van der Waals surface area (Å²) in [5.74, 6) is 0.791. The van der Waals surface area contributed by atoms with Gasteiger partial charge in [-0.15, -0.1) is 13.2 Å². The van der Waals surface area contributed by atoms with Crippen LogP contribution in [0, 0.1) is 0 Å². The Morgan fingerprint density at radius 2 is 1.62 bits per heavy atom. The summed E-state index contributed by atoms with van der Waals surface area (Å²) >= 11 is 0. The highest BCUT2D eigenvalue weighted by atomic mass is 19.4. The number of rotatable bonds is 9. The maximum Gasteiger partial charge on any atom is 0.573 e. The van der Waals surface area contributed by atoms with E-state index in [1.165, 1.54) is 48.2 Å². The highest BCUT2D eigenvalue weighted by Crippen LogP contribution is 2.30. The first-order valence-corrected chi connectivity index (χ1v) is 10.2. The van der Waals surface area contributed by atoms with Crippen molar-refractivity contribution in [3.8, 4) is 28.7 Å². The molecule has 1 N–H and O–H groups in total. The second-order valence-electron chi connectivity index (χ2n) is 7.99. The van der Waals surface area contributed by atoms with Crippen molar-refractivity contribution in [3.05, 3.63) is 76.7 Å². The molecule has 0 aliphatic carbocycles. The van der Waals surface area contributed by atoms with E-state index in [-0.39, 0.29) is 24.5 Å². The van der Waals surface area contributed by atoms with Crippen LogP contribution in [0.15, 0.2) is 65.6 Å². The van der Waals surface area contributed by atoms with Crippen molar-refractivity contribution in [1.82, 2.24) is 4.57 Å². The van der Waals surface area contributed by atoms with Gasteiger partial charge in [0.25, 0.3) is 5.56 Å². The number of hydrogen-bond acceptors (Lipinski definition) is 6. The quantitative estimate of drug-likeness (QED) is 0.488. The predicted octanol–water partition coefficient (Wildman–Crippen LogP) is 4.47. The van der Waals surface area contributed by atoms with Gasteiger partial charge in [-0.25, -0.2) is 0 Å². The summed E-state index contributed by atoms with van der Waals surface area (Å²) in [6, 6.07) is 13.1. The van der Waals surface area contributed by atoms with Crippen LogP contribution in [0.1, 0.15) is 19.4 Å². The van der Waals surface area contributed by atoms with Crippen LogP contribution in [-0.4, -0.2) is 35.4 Å². The molecule has 0 amide bonds. The number of methoxy groups -OCH3 is 1. The number of benzene rings is 2. The number of aromatic nitrogens is 1. The fraction of sp³-hybridized carbons (Fsp3) is 0.292. The molecule has 0 atom stereocenters. The Balaban J connectivity index is 1.68. The predicted molar refractivity (Wildman–Crippen MR) is 118 cm³/mol. The van der Waals surface area contributed by atoms with E-state index in [4.69, 9.17) is 14.2 Å². The van der Waals surface area contributed by atoms with Gasteiger partial charge < -0.3 is 24.1 Å². The van der Waals surface area contributed by atoms with Gasteiger partial charge in [0.15, 0.2) is 11.5 Å². The van der Waals surface area contributed by atoms with Crippen LogP contribution in [0.5, 0.6) is 23.0 Å². The molecule has 182 valence electrons. The summed E-state index contributed by atoms with van der Waals surface area (Å²) in [6.45, 7) is 3.35. The fourth-order valence-electron chi connectivity index (χ4n) is 2.90. The van der Waals surface area contributed by atoms with Gasteiger partial charge in [0, 0.05) is 18.3 Å². The molecule has 10 heteroatoms. The number of pyridine rings is 1. The van der Waals surface area contributed by atoms with Gasteiger partial charge in [-0.1, -0.05) is 12.1 Å². The molecule has 7 nitrogen and oxygen atoms in total. The Kier molecular flexibility index (Phi) is 7.41. The minimum atomic E-state index is -4.75. The zero-order valence-electron chi connectivity index (χ0n) is 18.8. The molecule has 0 spiro atoms. The Bertz CT molecular complexity index is 1170. The third kappa shape index (κ3) is 7.17. The largest absolute Gasteiger partial charge is 0.573 e. The van der Waals surface area contributed by atoms with E-state index in [1.807, 2.05) is 0 Å². The van der Waals surface area contributed by atoms with Crippen molar-refractivity contribution in [1.29, 1.82) is 0 Å². The first kappa shape index (κ1) is 25.0. The molecule has 0 aliphatic rings. The van der Waals surface area contributed by atoms with Crippen molar-refractivity contribution >= 4 is 0 Å². The summed E-state index contributed by atoms with van der Waals surface area (Å²) in [4.78, 5) is 12.6. The van der Waals surface area contributed by atoms with Gasteiger partial charge >= 0.3 is 6.36 Å². The number of aliphatic hydroxyl groups is 1. The molecule has 2 aromatic carbocycles. The van der Waals surface area contributed by atoms with Crippen LogP contribution >= 0.6 is 0 Å². The van der Waals surface area contributed by atoms with Gasteiger partial charge in [0.1, 0.15) is 24.7 Å². The molecule has 34 heavy (non-hydrogen) atoms. The number of ether oxygens (including phenoxy) is 4. The maximum absolute atomic E-state index is 12.6. The average Bonchev–Trinajstić information content (AvgIpc) is 2.75. The van der Waals surface area contributed by atoms with E-state index in [0.717, 1.165) is 0 Å². The van der Waals surface area contributed by atoms with Crippen molar-refractivity contribution < 1.29 is 37.2 Å². The molecule has 0 fully saturated rings. The van der Waals surface area contributed by atoms with Crippen LogP contribution in [0.3, 0.4) is 0 Å². The SMILES string of the molecule is COc1cc(-n2ccc(OCc3ccc(OC(F)(F)F)cc3)cc2=O)ccc1OCC(C)(C)O.